The number of carbonyl (C=O) groups is 2. The van der Waals surface area contributed by atoms with Crippen LogP contribution in [-0.4, -0.2) is 30.6 Å². The van der Waals surface area contributed by atoms with Crippen LogP contribution < -0.4 is 20.7 Å². The molecule has 0 radical (unpaired) electrons. The van der Waals surface area contributed by atoms with E-state index in [0.717, 1.165) is 5.69 Å². The van der Waals surface area contributed by atoms with Crippen molar-refractivity contribution < 1.29 is 18.8 Å². The maximum absolute atomic E-state index is 12.1. The third kappa shape index (κ3) is 5.23. The number of carbonyl (C=O) groups excluding carboxylic acids is 2. The highest BCUT2D eigenvalue weighted by atomic mass is 16.5. The molecule has 0 saturated heterocycles. The van der Waals surface area contributed by atoms with Crippen LogP contribution in [0.5, 0.6) is 5.75 Å². The Morgan fingerprint density at radius 3 is 2.50 bits per heavy atom. The lowest BCUT2D eigenvalue weighted by molar-refractivity contribution is -0.115. The minimum atomic E-state index is -0.298. The average molecular weight is 360 g/mol. The molecule has 3 N–H and O–H groups in total. The van der Waals surface area contributed by atoms with Gasteiger partial charge in [0, 0.05) is 24.1 Å². The molecule has 0 spiro atoms. The molecule has 1 heterocycles. The van der Waals surface area contributed by atoms with E-state index in [1.165, 1.54) is 14.0 Å². The summed E-state index contributed by atoms with van der Waals surface area (Å²) in [7, 11) is 1.53. The van der Waals surface area contributed by atoms with Crippen molar-refractivity contribution in [3.05, 3.63) is 30.0 Å². The molecule has 0 aliphatic carbocycles. The zero-order chi connectivity index (χ0) is 19.3. The Kier molecular flexibility index (Phi) is 5.86. The fourth-order valence-corrected chi connectivity index (χ4v) is 2.17. The first-order valence-electron chi connectivity index (χ1n) is 8.15. The second-order valence-electron chi connectivity index (χ2n) is 6.82. The molecular formula is C18H24N4O4. The Balaban J connectivity index is 2.00. The zero-order valence-electron chi connectivity index (χ0n) is 15.6. The molecule has 0 bridgehead atoms. The van der Waals surface area contributed by atoms with E-state index in [1.54, 1.807) is 24.3 Å². The Hall–Kier alpha value is -3.03. The Bertz CT molecular complexity index is 793. The van der Waals surface area contributed by atoms with Crippen LogP contribution in [0.2, 0.25) is 0 Å². The fourth-order valence-electron chi connectivity index (χ4n) is 2.17. The van der Waals surface area contributed by atoms with Gasteiger partial charge in [0.2, 0.25) is 17.7 Å². The second kappa shape index (κ2) is 7.90. The van der Waals surface area contributed by atoms with Crippen molar-refractivity contribution in [1.29, 1.82) is 0 Å². The van der Waals surface area contributed by atoms with E-state index < -0.39 is 0 Å². The van der Waals surface area contributed by atoms with Gasteiger partial charge in [-0.3, -0.25) is 14.9 Å². The Morgan fingerprint density at radius 2 is 1.92 bits per heavy atom. The molecule has 1 aromatic carbocycles. The lowest BCUT2D eigenvalue weighted by Crippen LogP contribution is -2.22. The van der Waals surface area contributed by atoms with E-state index in [0.29, 0.717) is 23.0 Å². The first-order chi connectivity index (χ1) is 12.2. The molecule has 0 aliphatic rings. The van der Waals surface area contributed by atoms with Gasteiger partial charge in [-0.1, -0.05) is 25.9 Å². The van der Waals surface area contributed by atoms with Crippen LogP contribution in [0.4, 0.5) is 17.3 Å². The minimum absolute atomic E-state index is 0.00850. The van der Waals surface area contributed by atoms with Crippen LogP contribution in [0.15, 0.2) is 28.8 Å². The van der Waals surface area contributed by atoms with E-state index >= 15 is 0 Å². The zero-order valence-corrected chi connectivity index (χ0v) is 15.6. The van der Waals surface area contributed by atoms with Crippen molar-refractivity contribution in [3.63, 3.8) is 0 Å². The number of amides is 2. The maximum Gasteiger partial charge on any atom is 0.246 e. The Labute approximate surface area is 152 Å². The first kappa shape index (κ1) is 19.3. The predicted molar refractivity (Wildman–Crippen MR) is 99.6 cm³/mol. The van der Waals surface area contributed by atoms with Crippen LogP contribution in [0.25, 0.3) is 0 Å². The highest BCUT2D eigenvalue weighted by Crippen LogP contribution is 2.28. The molecule has 0 unspecified atom stereocenters. The largest absolute Gasteiger partial charge is 0.495 e. The summed E-state index contributed by atoms with van der Waals surface area (Å²) in [5.74, 6) is 0.370. The van der Waals surface area contributed by atoms with Crippen LogP contribution in [0.1, 0.15) is 33.4 Å². The number of rotatable bonds is 6. The summed E-state index contributed by atoms with van der Waals surface area (Å²) >= 11 is 0. The molecule has 2 amide bonds. The Morgan fingerprint density at radius 1 is 1.19 bits per heavy atom. The molecule has 0 saturated carbocycles. The quantitative estimate of drug-likeness (QED) is 0.731. The van der Waals surface area contributed by atoms with Crippen molar-refractivity contribution in [2.45, 2.75) is 33.1 Å². The van der Waals surface area contributed by atoms with Gasteiger partial charge in [-0.2, -0.15) is 0 Å². The average Bonchev–Trinajstić information content (AvgIpc) is 3.01. The summed E-state index contributed by atoms with van der Waals surface area (Å²) in [5.41, 5.74) is 1.78. The number of hydrogen-bond donors (Lipinski definition) is 3. The molecule has 0 fully saturated rings. The standard InChI is InChI=1S/C18H24N4O4/c1-11(23)20-12-6-7-14(25-5)13(8-12)19-10-16(24)21-17-9-15(22-26-17)18(2,3)4/h6-9,19H,10H2,1-5H3,(H,20,23)(H,21,24). The van der Waals surface area contributed by atoms with Crippen molar-refractivity contribution in [1.82, 2.24) is 5.16 Å². The van der Waals surface area contributed by atoms with Gasteiger partial charge in [0.05, 0.1) is 25.0 Å². The van der Waals surface area contributed by atoms with E-state index in [-0.39, 0.29) is 23.8 Å². The number of aromatic nitrogens is 1. The van der Waals surface area contributed by atoms with Gasteiger partial charge in [0.15, 0.2) is 0 Å². The van der Waals surface area contributed by atoms with Crippen molar-refractivity contribution in [3.8, 4) is 5.75 Å². The lowest BCUT2D eigenvalue weighted by Gasteiger charge is -2.13. The fraction of sp³-hybridized carbons (Fsp3) is 0.389. The summed E-state index contributed by atoms with van der Waals surface area (Å²) in [6.07, 6.45) is 0. The molecule has 2 rings (SSSR count). The van der Waals surface area contributed by atoms with Crippen molar-refractivity contribution in [2.75, 3.05) is 29.6 Å². The molecular weight excluding hydrogens is 336 g/mol. The highest BCUT2D eigenvalue weighted by molar-refractivity contribution is 5.93. The molecule has 8 heteroatoms. The lowest BCUT2D eigenvalue weighted by atomic mass is 9.92. The summed E-state index contributed by atoms with van der Waals surface area (Å²) in [5, 5.41) is 12.3. The summed E-state index contributed by atoms with van der Waals surface area (Å²) in [4.78, 5) is 23.3. The smallest absolute Gasteiger partial charge is 0.246 e. The van der Waals surface area contributed by atoms with Gasteiger partial charge < -0.3 is 19.9 Å². The molecule has 1 aromatic heterocycles. The predicted octanol–water partition coefficient (Wildman–Crippen LogP) is 2.99. The van der Waals surface area contributed by atoms with Crippen LogP contribution in [-0.2, 0) is 15.0 Å². The molecule has 0 atom stereocenters. The van der Waals surface area contributed by atoms with Gasteiger partial charge >= 0.3 is 0 Å². The molecule has 140 valence electrons. The minimum Gasteiger partial charge on any atom is -0.495 e. The maximum atomic E-state index is 12.1. The number of anilines is 3. The molecule has 26 heavy (non-hydrogen) atoms. The van der Waals surface area contributed by atoms with Crippen molar-refractivity contribution in [2.24, 2.45) is 0 Å². The number of nitrogens with zero attached hydrogens (tertiary/aromatic N) is 1. The normalized spacial score (nSPS) is 11.0. The molecule has 8 nitrogen and oxygen atoms in total. The van der Waals surface area contributed by atoms with Crippen LogP contribution in [0.3, 0.4) is 0 Å². The number of nitrogens with one attached hydrogen (secondary N) is 3. The van der Waals surface area contributed by atoms with E-state index in [2.05, 4.69) is 21.1 Å². The third-order valence-corrected chi connectivity index (χ3v) is 3.50. The van der Waals surface area contributed by atoms with Crippen LogP contribution >= 0.6 is 0 Å². The molecule has 2 aromatic rings. The number of hydrogen-bond acceptors (Lipinski definition) is 6. The third-order valence-electron chi connectivity index (χ3n) is 3.50. The topological polar surface area (TPSA) is 105 Å². The van der Waals surface area contributed by atoms with E-state index in [1.807, 2.05) is 20.8 Å². The van der Waals surface area contributed by atoms with Gasteiger partial charge in [-0.05, 0) is 18.2 Å². The highest BCUT2D eigenvalue weighted by Gasteiger charge is 2.19. The number of benzene rings is 1. The van der Waals surface area contributed by atoms with Gasteiger partial charge in [0.1, 0.15) is 5.75 Å². The van der Waals surface area contributed by atoms with Gasteiger partial charge in [-0.15, -0.1) is 0 Å². The SMILES string of the molecule is COc1ccc(NC(C)=O)cc1NCC(=O)Nc1cc(C(C)(C)C)no1. The van der Waals surface area contributed by atoms with E-state index in [4.69, 9.17) is 9.26 Å². The van der Waals surface area contributed by atoms with E-state index in [9.17, 15) is 9.59 Å². The van der Waals surface area contributed by atoms with Gasteiger partial charge in [0.25, 0.3) is 0 Å². The van der Waals surface area contributed by atoms with Crippen molar-refractivity contribution >= 4 is 29.1 Å². The summed E-state index contributed by atoms with van der Waals surface area (Å²) in [6, 6.07) is 6.82. The molecule has 0 aliphatic heterocycles. The number of methoxy groups -OCH3 is 1. The summed E-state index contributed by atoms with van der Waals surface area (Å²) in [6.45, 7) is 7.44. The van der Waals surface area contributed by atoms with Crippen LogP contribution in [0, 0.1) is 0 Å². The van der Waals surface area contributed by atoms with Gasteiger partial charge in [-0.25, -0.2) is 0 Å². The first-order valence-corrected chi connectivity index (χ1v) is 8.15. The second-order valence-corrected chi connectivity index (χ2v) is 6.82. The number of ether oxygens (including phenoxy) is 1. The monoisotopic (exact) mass is 360 g/mol. The summed E-state index contributed by atoms with van der Waals surface area (Å²) < 4.78 is 10.4.